The lowest BCUT2D eigenvalue weighted by Crippen LogP contribution is -2.27. The SMILES string of the molecule is CCC1CC(C)CC(CC2CC(C)CC(CC)C2)C1. The van der Waals surface area contributed by atoms with Crippen LogP contribution < -0.4 is 0 Å². The van der Waals surface area contributed by atoms with Gasteiger partial charge < -0.3 is 0 Å². The predicted molar refractivity (Wildman–Crippen MR) is 85.2 cm³/mol. The normalized spacial score (nSPS) is 44.2. The third kappa shape index (κ3) is 4.50. The molecule has 0 heteroatoms. The molecule has 6 atom stereocenters. The fourth-order valence-corrected chi connectivity index (χ4v) is 5.32. The molecule has 0 aliphatic heterocycles. The van der Waals surface area contributed by atoms with E-state index in [4.69, 9.17) is 0 Å². The highest BCUT2D eigenvalue weighted by atomic mass is 14.4. The molecular weight excluding hydrogens is 228 g/mol. The van der Waals surface area contributed by atoms with Crippen molar-refractivity contribution in [1.82, 2.24) is 0 Å². The van der Waals surface area contributed by atoms with Crippen LogP contribution in [-0.2, 0) is 0 Å². The molecule has 2 aliphatic rings. The van der Waals surface area contributed by atoms with Gasteiger partial charge >= 0.3 is 0 Å². The Bertz CT molecular complexity index is 231. The van der Waals surface area contributed by atoms with Crippen molar-refractivity contribution in [3.63, 3.8) is 0 Å². The van der Waals surface area contributed by atoms with Crippen molar-refractivity contribution < 1.29 is 0 Å². The van der Waals surface area contributed by atoms with Gasteiger partial charge in [0.1, 0.15) is 0 Å². The first-order valence-corrected chi connectivity index (χ1v) is 9.10. The Labute approximate surface area is 121 Å². The molecule has 2 aliphatic carbocycles. The van der Waals surface area contributed by atoms with Crippen LogP contribution in [0, 0.1) is 35.5 Å². The average molecular weight is 264 g/mol. The Hall–Kier alpha value is 0. The van der Waals surface area contributed by atoms with E-state index in [2.05, 4.69) is 27.7 Å². The highest BCUT2D eigenvalue weighted by Gasteiger charge is 2.31. The Kier molecular flexibility index (Phi) is 5.78. The van der Waals surface area contributed by atoms with Crippen LogP contribution in [0.4, 0.5) is 0 Å². The second kappa shape index (κ2) is 7.14. The Morgan fingerprint density at radius 1 is 0.579 bits per heavy atom. The van der Waals surface area contributed by atoms with Crippen molar-refractivity contribution in [3.05, 3.63) is 0 Å². The number of hydrogen-bond acceptors (Lipinski definition) is 0. The summed E-state index contributed by atoms with van der Waals surface area (Å²) in [4.78, 5) is 0. The Morgan fingerprint density at radius 3 is 1.32 bits per heavy atom. The lowest BCUT2D eigenvalue weighted by molar-refractivity contribution is 0.130. The third-order valence-corrected chi connectivity index (χ3v) is 6.10. The van der Waals surface area contributed by atoms with Gasteiger partial charge in [-0.25, -0.2) is 0 Å². The van der Waals surface area contributed by atoms with Gasteiger partial charge in [0.05, 0.1) is 0 Å². The quantitative estimate of drug-likeness (QED) is 0.559. The van der Waals surface area contributed by atoms with Gasteiger partial charge in [-0.05, 0) is 80.5 Å². The second-order valence-electron chi connectivity index (χ2n) is 8.14. The van der Waals surface area contributed by atoms with Crippen molar-refractivity contribution in [2.75, 3.05) is 0 Å². The van der Waals surface area contributed by atoms with Gasteiger partial charge in [0.25, 0.3) is 0 Å². The predicted octanol–water partition coefficient (Wildman–Crippen LogP) is 6.30. The van der Waals surface area contributed by atoms with Crippen molar-refractivity contribution in [1.29, 1.82) is 0 Å². The molecule has 0 saturated heterocycles. The summed E-state index contributed by atoms with van der Waals surface area (Å²) in [6.45, 7) is 9.78. The van der Waals surface area contributed by atoms with E-state index in [1.807, 2.05) is 0 Å². The zero-order valence-corrected chi connectivity index (χ0v) is 13.8. The molecule has 0 N–H and O–H groups in total. The highest BCUT2D eigenvalue weighted by molar-refractivity contribution is 4.82. The molecule has 0 aromatic rings. The molecule has 0 bridgehead atoms. The maximum absolute atomic E-state index is 2.49. The standard InChI is InChI=1S/C19H36/c1-5-16-7-14(3)9-18(11-16)13-19-10-15(4)8-17(6-2)12-19/h14-19H,5-13H2,1-4H3. The van der Waals surface area contributed by atoms with Gasteiger partial charge in [0.2, 0.25) is 0 Å². The molecule has 2 saturated carbocycles. The Balaban J connectivity index is 1.85. The van der Waals surface area contributed by atoms with E-state index in [1.54, 1.807) is 19.3 Å². The van der Waals surface area contributed by atoms with Crippen LogP contribution >= 0.6 is 0 Å². The fraction of sp³-hybridized carbons (Fsp3) is 1.00. The van der Waals surface area contributed by atoms with Gasteiger partial charge in [-0.15, -0.1) is 0 Å². The van der Waals surface area contributed by atoms with Gasteiger partial charge in [0, 0.05) is 0 Å². The second-order valence-corrected chi connectivity index (χ2v) is 8.14. The zero-order chi connectivity index (χ0) is 13.8. The van der Waals surface area contributed by atoms with Crippen LogP contribution in [0.5, 0.6) is 0 Å². The first-order chi connectivity index (χ1) is 9.10. The van der Waals surface area contributed by atoms with E-state index in [0.717, 1.165) is 35.5 Å². The van der Waals surface area contributed by atoms with Crippen LogP contribution in [0.15, 0.2) is 0 Å². The first-order valence-electron chi connectivity index (χ1n) is 9.10. The van der Waals surface area contributed by atoms with Crippen LogP contribution in [-0.4, -0.2) is 0 Å². The van der Waals surface area contributed by atoms with Gasteiger partial charge in [-0.2, -0.15) is 0 Å². The average Bonchev–Trinajstić information content (AvgIpc) is 2.37. The smallest absolute Gasteiger partial charge is 0.0406 e. The topological polar surface area (TPSA) is 0 Å². The lowest BCUT2D eigenvalue weighted by Gasteiger charge is -2.38. The summed E-state index contributed by atoms with van der Waals surface area (Å²) in [6, 6.07) is 0. The van der Waals surface area contributed by atoms with E-state index in [9.17, 15) is 0 Å². The summed E-state index contributed by atoms with van der Waals surface area (Å²) in [7, 11) is 0. The number of hydrogen-bond donors (Lipinski definition) is 0. The van der Waals surface area contributed by atoms with Crippen molar-refractivity contribution in [2.24, 2.45) is 35.5 Å². The van der Waals surface area contributed by atoms with E-state index >= 15 is 0 Å². The molecule has 2 fully saturated rings. The van der Waals surface area contributed by atoms with Crippen LogP contribution in [0.25, 0.3) is 0 Å². The van der Waals surface area contributed by atoms with Crippen LogP contribution in [0.2, 0.25) is 0 Å². The summed E-state index contributed by atoms with van der Waals surface area (Å²) >= 11 is 0. The molecule has 6 unspecified atom stereocenters. The largest absolute Gasteiger partial charge is 0.0651 e. The summed E-state index contributed by atoms with van der Waals surface area (Å²) in [5, 5.41) is 0. The molecule has 0 aromatic carbocycles. The molecule has 0 heterocycles. The Morgan fingerprint density at radius 2 is 0.947 bits per heavy atom. The molecule has 0 amide bonds. The van der Waals surface area contributed by atoms with E-state index < -0.39 is 0 Å². The van der Waals surface area contributed by atoms with E-state index in [0.29, 0.717) is 0 Å². The van der Waals surface area contributed by atoms with Gasteiger partial charge in [0.15, 0.2) is 0 Å². The van der Waals surface area contributed by atoms with E-state index in [-0.39, 0.29) is 0 Å². The molecule has 0 nitrogen and oxygen atoms in total. The minimum Gasteiger partial charge on any atom is -0.0651 e. The molecule has 0 spiro atoms. The number of rotatable bonds is 4. The first kappa shape index (κ1) is 15.4. The fourth-order valence-electron chi connectivity index (χ4n) is 5.32. The van der Waals surface area contributed by atoms with Gasteiger partial charge in [-0.1, -0.05) is 40.5 Å². The molecule has 0 aromatic heterocycles. The highest BCUT2D eigenvalue weighted by Crippen LogP contribution is 2.43. The molecule has 19 heavy (non-hydrogen) atoms. The minimum atomic E-state index is 0.992. The monoisotopic (exact) mass is 264 g/mol. The van der Waals surface area contributed by atoms with Crippen LogP contribution in [0.1, 0.15) is 85.5 Å². The molecule has 0 radical (unpaired) electrons. The molecule has 2 rings (SSSR count). The molecular formula is C19H36. The minimum absolute atomic E-state index is 0.992. The summed E-state index contributed by atoms with van der Waals surface area (Å²) in [6.07, 6.45) is 13.5. The maximum Gasteiger partial charge on any atom is -0.0406 e. The third-order valence-electron chi connectivity index (χ3n) is 6.10. The van der Waals surface area contributed by atoms with Crippen molar-refractivity contribution in [3.8, 4) is 0 Å². The van der Waals surface area contributed by atoms with Crippen LogP contribution in [0.3, 0.4) is 0 Å². The summed E-state index contributed by atoms with van der Waals surface area (Å²) in [5.74, 6) is 6.18. The maximum atomic E-state index is 2.49. The molecule has 112 valence electrons. The summed E-state index contributed by atoms with van der Waals surface area (Å²) < 4.78 is 0. The van der Waals surface area contributed by atoms with Gasteiger partial charge in [-0.3, -0.25) is 0 Å². The van der Waals surface area contributed by atoms with Crippen molar-refractivity contribution >= 4 is 0 Å². The zero-order valence-electron chi connectivity index (χ0n) is 13.8. The van der Waals surface area contributed by atoms with E-state index in [1.165, 1.54) is 38.5 Å². The summed E-state index contributed by atoms with van der Waals surface area (Å²) in [5.41, 5.74) is 0. The lowest BCUT2D eigenvalue weighted by atomic mass is 9.67. The van der Waals surface area contributed by atoms with Crippen molar-refractivity contribution in [2.45, 2.75) is 85.5 Å².